The maximum atomic E-state index is 12.1. The summed E-state index contributed by atoms with van der Waals surface area (Å²) in [6.45, 7) is 2.79. The number of benzene rings is 1. The third-order valence-corrected chi connectivity index (χ3v) is 2.79. The van der Waals surface area contributed by atoms with Gasteiger partial charge in [-0.2, -0.15) is 0 Å². The molecule has 1 rings (SSSR count). The largest absolute Gasteiger partial charge is 0.496 e. The van der Waals surface area contributed by atoms with Crippen molar-refractivity contribution in [2.24, 2.45) is 0 Å². The molecular formula is C12H16BrNO2. The molecule has 3 nitrogen and oxygen atoms in total. The lowest BCUT2D eigenvalue weighted by Crippen LogP contribution is -2.27. The highest BCUT2D eigenvalue weighted by Gasteiger charge is 2.15. The summed E-state index contributed by atoms with van der Waals surface area (Å²) in [5.74, 6) is 0.591. The van der Waals surface area contributed by atoms with E-state index in [9.17, 15) is 4.79 Å². The molecule has 0 saturated heterocycles. The molecule has 0 heterocycles. The second kappa shape index (κ2) is 5.89. The van der Waals surface area contributed by atoms with Crippen molar-refractivity contribution in [1.29, 1.82) is 0 Å². The number of hydrogen-bond donors (Lipinski definition) is 0. The molecule has 0 fully saturated rings. The van der Waals surface area contributed by atoms with Gasteiger partial charge in [0.05, 0.1) is 12.7 Å². The molecule has 0 aromatic heterocycles. The van der Waals surface area contributed by atoms with Crippen LogP contribution in [-0.2, 0) is 0 Å². The Morgan fingerprint density at radius 2 is 2.19 bits per heavy atom. The molecule has 0 radical (unpaired) electrons. The predicted molar refractivity (Wildman–Crippen MR) is 67.9 cm³/mol. The molecule has 0 aliphatic carbocycles. The second-order valence-corrected chi connectivity index (χ2v) is 4.49. The molecule has 16 heavy (non-hydrogen) atoms. The number of nitrogens with zero attached hydrogens (tertiary/aromatic N) is 1. The summed E-state index contributed by atoms with van der Waals surface area (Å²) in [7, 11) is 3.37. The molecule has 1 amide bonds. The quantitative estimate of drug-likeness (QED) is 0.851. The van der Waals surface area contributed by atoms with Crippen LogP contribution in [0.5, 0.6) is 5.75 Å². The van der Waals surface area contributed by atoms with Gasteiger partial charge in [-0.3, -0.25) is 4.79 Å². The third kappa shape index (κ3) is 2.98. The van der Waals surface area contributed by atoms with Crippen LogP contribution in [0.25, 0.3) is 0 Å². The molecular weight excluding hydrogens is 270 g/mol. The number of rotatable bonds is 4. The Morgan fingerprint density at radius 1 is 1.50 bits per heavy atom. The number of amides is 1. The number of methoxy groups -OCH3 is 1. The van der Waals surface area contributed by atoms with Crippen molar-refractivity contribution in [3.8, 4) is 5.75 Å². The summed E-state index contributed by atoms with van der Waals surface area (Å²) in [6, 6.07) is 5.42. The molecule has 0 unspecified atom stereocenters. The van der Waals surface area contributed by atoms with Crippen molar-refractivity contribution in [3.05, 3.63) is 28.2 Å². The summed E-state index contributed by atoms with van der Waals surface area (Å²) in [5.41, 5.74) is 0.599. The highest BCUT2D eigenvalue weighted by Crippen LogP contribution is 2.24. The van der Waals surface area contributed by atoms with Crippen molar-refractivity contribution in [3.63, 3.8) is 0 Å². The van der Waals surface area contributed by atoms with Gasteiger partial charge in [0.15, 0.2) is 0 Å². The van der Waals surface area contributed by atoms with Crippen LogP contribution >= 0.6 is 15.9 Å². The smallest absolute Gasteiger partial charge is 0.257 e. The lowest BCUT2D eigenvalue weighted by Gasteiger charge is -2.17. The Morgan fingerprint density at radius 3 is 2.75 bits per heavy atom. The van der Waals surface area contributed by atoms with E-state index in [1.165, 1.54) is 0 Å². The normalized spacial score (nSPS) is 10.0. The summed E-state index contributed by atoms with van der Waals surface area (Å²) in [4.78, 5) is 13.8. The first-order valence-corrected chi connectivity index (χ1v) is 5.98. The average Bonchev–Trinajstić information content (AvgIpc) is 2.28. The molecule has 0 bridgehead atoms. The molecule has 0 saturated carbocycles. The van der Waals surface area contributed by atoms with Gasteiger partial charge in [0, 0.05) is 18.1 Å². The van der Waals surface area contributed by atoms with Crippen molar-refractivity contribution in [2.45, 2.75) is 13.3 Å². The minimum Gasteiger partial charge on any atom is -0.496 e. The Balaban J connectivity index is 2.98. The van der Waals surface area contributed by atoms with Crippen LogP contribution in [0.4, 0.5) is 0 Å². The fraction of sp³-hybridized carbons (Fsp3) is 0.417. The van der Waals surface area contributed by atoms with Crippen LogP contribution < -0.4 is 4.74 Å². The van der Waals surface area contributed by atoms with E-state index in [-0.39, 0.29) is 5.91 Å². The summed E-state index contributed by atoms with van der Waals surface area (Å²) < 4.78 is 6.10. The zero-order valence-electron chi connectivity index (χ0n) is 9.79. The van der Waals surface area contributed by atoms with E-state index in [0.29, 0.717) is 11.3 Å². The Labute approximate surface area is 105 Å². The summed E-state index contributed by atoms with van der Waals surface area (Å²) in [5, 5.41) is 0. The van der Waals surface area contributed by atoms with Gasteiger partial charge in [-0.1, -0.05) is 22.9 Å². The second-order valence-electron chi connectivity index (χ2n) is 3.57. The molecule has 88 valence electrons. The fourth-order valence-electron chi connectivity index (χ4n) is 1.48. The molecule has 0 aliphatic heterocycles. The van der Waals surface area contributed by atoms with Crippen molar-refractivity contribution in [2.75, 3.05) is 20.7 Å². The fourth-order valence-corrected chi connectivity index (χ4v) is 1.82. The first kappa shape index (κ1) is 13.0. The number of hydrogen-bond acceptors (Lipinski definition) is 2. The van der Waals surface area contributed by atoms with Crippen LogP contribution in [0.15, 0.2) is 22.7 Å². The molecule has 0 aliphatic rings. The van der Waals surface area contributed by atoms with Crippen LogP contribution in [0.1, 0.15) is 23.7 Å². The van der Waals surface area contributed by atoms with E-state index in [4.69, 9.17) is 4.74 Å². The SMILES string of the molecule is CCCN(C)C(=O)c1ccc(Br)cc1OC. The lowest BCUT2D eigenvalue weighted by atomic mass is 10.1. The Bertz CT molecular complexity index is 379. The molecule has 0 spiro atoms. The average molecular weight is 286 g/mol. The molecule has 4 heteroatoms. The van der Waals surface area contributed by atoms with Crippen LogP contribution in [-0.4, -0.2) is 31.5 Å². The van der Waals surface area contributed by atoms with E-state index in [1.54, 1.807) is 31.2 Å². The van der Waals surface area contributed by atoms with Crippen molar-refractivity contribution < 1.29 is 9.53 Å². The maximum absolute atomic E-state index is 12.1. The van der Waals surface area contributed by atoms with Crippen LogP contribution in [0, 0.1) is 0 Å². The van der Waals surface area contributed by atoms with Gasteiger partial charge in [-0.25, -0.2) is 0 Å². The number of carbonyl (C=O) groups excluding carboxylic acids is 1. The van der Waals surface area contributed by atoms with Gasteiger partial charge >= 0.3 is 0 Å². The van der Waals surface area contributed by atoms with E-state index in [0.717, 1.165) is 17.4 Å². The van der Waals surface area contributed by atoms with Crippen molar-refractivity contribution >= 4 is 21.8 Å². The summed E-state index contributed by atoms with van der Waals surface area (Å²) in [6.07, 6.45) is 0.946. The van der Waals surface area contributed by atoms with E-state index >= 15 is 0 Å². The Kier molecular flexibility index (Phi) is 4.80. The van der Waals surface area contributed by atoms with Crippen LogP contribution in [0.2, 0.25) is 0 Å². The lowest BCUT2D eigenvalue weighted by molar-refractivity contribution is 0.0792. The molecule has 1 aromatic rings. The highest BCUT2D eigenvalue weighted by molar-refractivity contribution is 9.10. The van der Waals surface area contributed by atoms with Crippen molar-refractivity contribution in [1.82, 2.24) is 4.90 Å². The molecule has 0 atom stereocenters. The minimum absolute atomic E-state index is 0.00815. The standard InChI is InChI=1S/C12H16BrNO2/c1-4-7-14(2)12(15)10-6-5-9(13)8-11(10)16-3/h5-6,8H,4,7H2,1-3H3. The van der Waals surface area contributed by atoms with E-state index in [1.807, 2.05) is 13.0 Å². The monoisotopic (exact) mass is 285 g/mol. The first-order valence-electron chi connectivity index (χ1n) is 5.19. The van der Waals surface area contributed by atoms with Crippen LogP contribution in [0.3, 0.4) is 0 Å². The third-order valence-electron chi connectivity index (χ3n) is 2.30. The highest BCUT2D eigenvalue weighted by atomic mass is 79.9. The van der Waals surface area contributed by atoms with E-state index in [2.05, 4.69) is 15.9 Å². The number of ether oxygens (including phenoxy) is 1. The minimum atomic E-state index is -0.00815. The number of carbonyl (C=O) groups is 1. The maximum Gasteiger partial charge on any atom is 0.257 e. The zero-order chi connectivity index (χ0) is 12.1. The predicted octanol–water partition coefficient (Wildman–Crippen LogP) is 2.94. The summed E-state index contributed by atoms with van der Waals surface area (Å²) >= 11 is 3.35. The first-order chi connectivity index (χ1) is 7.60. The number of halogens is 1. The van der Waals surface area contributed by atoms with Gasteiger partial charge in [-0.15, -0.1) is 0 Å². The van der Waals surface area contributed by atoms with Gasteiger partial charge < -0.3 is 9.64 Å². The van der Waals surface area contributed by atoms with Gasteiger partial charge in [0.1, 0.15) is 5.75 Å². The van der Waals surface area contributed by atoms with Gasteiger partial charge in [-0.05, 0) is 24.6 Å². The van der Waals surface area contributed by atoms with Gasteiger partial charge in [0.25, 0.3) is 5.91 Å². The molecule has 1 aromatic carbocycles. The van der Waals surface area contributed by atoms with Gasteiger partial charge in [0.2, 0.25) is 0 Å². The molecule has 0 N–H and O–H groups in total. The Hall–Kier alpha value is -1.03. The zero-order valence-corrected chi connectivity index (χ0v) is 11.4. The topological polar surface area (TPSA) is 29.5 Å². The van der Waals surface area contributed by atoms with E-state index < -0.39 is 0 Å².